The van der Waals surface area contributed by atoms with Gasteiger partial charge in [0.15, 0.2) is 0 Å². The Labute approximate surface area is 90.8 Å². The molecule has 0 bridgehead atoms. The zero-order valence-electron chi connectivity index (χ0n) is 9.37. The predicted octanol–water partition coefficient (Wildman–Crippen LogP) is 1.58. The normalized spacial score (nSPS) is 12.4. The number of carbonyl (C=O) groups is 2. The molecule has 0 amide bonds. The fourth-order valence-electron chi connectivity index (χ4n) is 1.57. The van der Waals surface area contributed by atoms with Crippen molar-refractivity contribution in [2.75, 3.05) is 6.54 Å². The molecule has 4 heteroatoms. The predicted molar refractivity (Wildman–Crippen MR) is 58.6 cm³/mol. The third-order valence-corrected chi connectivity index (χ3v) is 2.48. The Balaban J connectivity index is 3.90. The van der Waals surface area contributed by atoms with Gasteiger partial charge >= 0.3 is 5.97 Å². The Morgan fingerprint density at radius 2 is 1.93 bits per heavy atom. The number of Topliss-reactive ketones (excluding diaryl/α,β-unsaturated/α-hetero) is 1. The maximum atomic E-state index is 11.3. The lowest BCUT2D eigenvalue weighted by Gasteiger charge is -2.11. The molecule has 0 radical (unpaired) electrons. The van der Waals surface area contributed by atoms with Crippen LogP contribution in [0.25, 0.3) is 0 Å². The second-order valence-electron chi connectivity index (χ2n) is 3.81. The molecular weight excluding hydrogens is 194 g/mol. The van der Waals surface area contributed by atoms with Crippen molar-refractivity contribution in [1.82, 2.24) is 0 Å². The van der Waals surface area contributed by atoms with Crippen LogP contribution >= 0.6 is 0 Å². The maximum Gasteiger partial charge on any atom is 0.304 e. The minimum atomic E-state index is -0.919. The number of rotatable bonds is 9. The second-order valence-corrected chi connectivity index (χ2v) is 3.81. The molecule has 0 aliphatic carbocycles. The van der Waals surface area contributed by atoms with Gasteiger partial charge in [-0.05, 0) is 6.42 Å². The molecule has 1 atom stereocenters. The molecule has 0 fully saturated rings. The number of hydrogen-bond donors (Lipinski definition) is 2. The quantitative estimate of drug-likeness (QED) is 0.572. The van der Waals surface area contributed by atoms with Gasteiger partial charge in [-0.1, -0.05) is 32.6 Å². The highest BCUT2D eigenvalue weighted by Gasteiger charge is 2.19. The van der Waals surface area contributed by atoms with Gasteiger partial charge in [-0.3, -0.25) is 9.59 Å². The molecule has 3 N–H and O–H groups in total. The summed E-state index contributed by atoms with van der Waals surface area (Å²) < 4.78 is 0. The van der Waals surface area contributed by atoms with Crippen molar-refractivity contribution in [3.05, 3.63) is 0 Å². The molecule has 0 heterocycles. The van der Waals surface area contributed by atoms with Gasteiger partial charge in [0, 0.05) is 5.92 Å². The summed E-state index contributed by atoms with van der Waals surface area (Å²) in [4.78, 5) is 21.8. The van der Waals surface area contributed by atoms with Crippen LogP contribution in [0.4, 0.5) is 0 Å². The number of carboxylic acids is 1. The van der Waals surface area contributed by atoms with Crippen LogP contribution in [0.15, 0.2) is 0 Å². The third-order valence-electron chi connectivity index (χ3n) is 2.48. The summed E-state index contributed by atoms with van der Waals surface area (Å²) in [5.74, 6) is -1.43. The molecule has 88 valence electrons. The van der Waals surface area contributed by atoms with E-state index in [0.29, 0.717) is 6.42 Å². The summed E-state index contributed by atoms with van der Waals surface area (Å²) in [6.07, 6.45) is 4.82. The zero-order valence-corrected chi connectivity index (χ0v) is 9.37. The lowest BCUT2D eigenvalue weighted by molar-refractivity contribution is -0.140. The van der Waals surface area contributed by atoms with E-state index < -0.39 is 5.97 Å². The van der Waals surface area contributed by atoms with Crippen LogP contribution in [-0.4, -0.2) is 23.4 Å². The van der Waals surface area contributed by atoms with E-state index >= 15 is 0 Å². The molecule has 0 aromatic heterocycles. The Hall–Kier alpha value is -0.900. The smallest absolute Gasteiger partial charge is 0.304 e. The molecule has 0 aliphatic rings. The van der Waals surface area contributed by atoms with Gasteiger partial charge in [-0.25, -0.2) is 0 Å². The highest BCUT2D eigenvalue weighted by molar-refractivity contribution is 5.86. The standard InChI is InChI=1S/C11H21NO3/c1-2-3-4-5-6-9(7-11(14)15)10(13)8-12/h9H,2-8,12H2,1H3,(H,14,15). The first-order valence-corrected chi connectivity index (χ1v) is 5.56. The van der Waals surface area contributed by atoms with Crippen molar-refractivity contribution < 1.29 is 14.7 Å². The zero-order chi connectivity index (χ0) is 11.7. The topological polar surface area (TPSA) is 80.4 Å². The highest BCUT2D eigenvalue weighted by atomic mass is 16.4. The van der Waals surface area contributed by atoms with Crippen molar-refractivity contribution in [2.45, 2.75) is 45.4 Å². The van der Waals surface area contributed by atoms with Crippen LogP contribution in [0.2, 0.25) is 0 Å². The number of hydrogen-bond acceptors (Lipinski definition) is 3. The Morgan fingerprint density at radius 1 is 1.27 bits per heavy atom. The van der Waals surface area contributed by atoms with Crippen molar-refractivity contribution >= 4 is 11.8 Å². The summed E-state index contributed by atoms with van der Waals surface area (Å²) in [6.45, 7) is 2.06. The van der Waals surface area contributed by atoms with E-state index in [9.17, 15) is 9.59 Å². The molecule has 15 heavy (non-hydrogen) atoms. The lowest BCUT2D eigenvalue weighted by Crippen LogP contribution is -2.25. The van der Waals surface area contributed by atoms with E-state index in [1.54, 1.807) is 0 Å². The summed E-state index contributed by atoms with van der Waals surface area (Å²) >= 11 is 0. The van der Waals surface area contributed by atoms with Gasteiger partial charge < -0.3 is 10.8 Å². The summed E-state index contributed by atoms with van der Waals surface area (Å²) in [6, 6.07) is 0. The van der Waals surface area contributed by atoms with Crippen LogP contribution in [0, 0.1) is 5.92 Å². The molecule has 0 saturated heterocycles. The minimum absolute atomic E-state index is 0.0499. The molecule has 0 spiro atoms. The van der Waals surface area contributed by atoms with Gasteiger partial charge in [-0.2, -0.15) is 0 Å². The number of aliphatic carboxylic acids is 1. The van der Waals surface area contributed by atoms with Crippen molar-refractivity contribution in [2.24, 2.45) is 11.7 Å². The van der Waals surface area contributed by atoms with Crippen molar-refractivity contribution in [1.29, 1.82) is 0 Å². The van der Waals surface area contributed by atoms with Crippen LogP contribution in [0.1, 0.15) is 45.4 Å². The molecule has 0 aliphatic heterocycles. The van der Waals surface area contributed by atoms with E-state index in [4.69, 9.17) is 10.8 Å². The van der Waals surface area contributed by atoms with Crippen molar-refractivity contribution in [3.8, 4) is 0 Å². The van der Waals surface area contributed by atoms with Crippen LogP contribution < -0.4 is 5.73 Å². The Bertz CT molecular complexity index is 204. The van der Waals surface area contributed by atoms with E-state index in [1.807, 2.05) is 0 Å². The van der Waals surface area contributed by atoms with Crippen LogP contribution in [-0.2, 0) is 9.59 Å². The first-order chi connectivity index (χ1) is 7.11. The molecule has 0 aromatic rings. The van der Waals surface area contributed by atoms with Crippen LogP contribution in [0.3, 0.4) is 0 Å². The molecular formula is C11H21NO3. The number of carbonyl (C=O) groups excluding carboxylic acids is 1. The fourth-order valence-corrected chi connectivity index (χ4v) is 1.57. The van der Waals surface area contributed by atoms with Gasteiger partial charge in [0.1, 0.15) is 5.78 Å². The molecule has 1 unspecified atom stereocenters. The first kappa shape index (κ1) is 14.1. The third kappa shape index (κ3) is 7.08. The van der Waals surface area contributed by atoms with Crippen molar-refractivity contribution in [3.63, 3.8) is 0 Å². The van der Waals surface area contributed by atoms with Crippen LogP contribution in [0.5, 0.6) is 0 Å². The lowest BCUT2D eigenvalue weighted by atomic mass is 9.93. The summed E-state index contributed by atoms with van der Waals surface area (Å²) in [5, 5.41) is 8.64. The first-order valence-electron chi connectivity index (χ1n) is 5.56. The number of unbranched alkanes of at least 4 members (excludes halogenated alkanes) is 3. The SMILES string of the molecule is CCCCCCC(CC(=O)O)C(=O)CN. The van der Waals surface area contributed by atoms with E-state index in [2.05, 4.69) is 6.92 Å². The second kappa shape index (κ2) is 8.41. The van der Waals surface area contributed by atoms with Gasteiger partial charge in [0.05, 0.1) is 13.0 Å². The molecule has 0 aromatic carbocycles. The number of ketones is 1. The molecule has 0 rings (SSSR count). The molecule has 4 nitrogen and oxygen atoms in total. The Morgan fingerprint density at radius 3 is 2.40 bits per heavy atom. The van der Waals surface area contributed by atoms with Gasteiger partial charge in [0.25, 0.3) is 0 Å². The van der Waals surface area contributed by atoms with E-state index in [1.165, 1.54) is 0 Å². The number of nitrogens with two attached hydrogens (primary N) is 1. The Kier molecular flexibility index (Phi) is 7.91. The van der Waals surface area contributed by atoms with Gasteiger partial charge in [-0.15, -0.1) is 0 Å². The van der Waals surface area contributed by atoms with E-state index in [-0.39, 0.29) is 24.7 Å². The average molecular weight is 215 g/mol. The summed E-state index contributed by atoms with van der Waals surface area (Å²) in [7, 11) is 0. The number of carboxylic acid groups (broad SMARTS) is 1. The highest BCUT2D eigenvalue weighted by Crippen LogP contribution is 2.15. The van der Waals surface area contributed by atoms with E-state index in [0.717, 1.165) is 25.7 Å². The average Bonchev–Trinajstić information content (AvgIpc) is 2.21. The largest absolute Gasteiger partial charge is 0.481 e. The van der Waals surface area contributed by atoms with Gasteiger partial charge in [0.2, 0.25) is 0 Å². The fraction of sp³-hybridized carbons (Fsp3) is 0.818. The monoisotopic (exact) mass is 215 g/mol. The minimum Gasteiger partial charge on any atom is -0.481 e. The maximum absolute atomic E-state index is 11.3. The summed E-state index contributed by atoms with van der Waals surface area (Å²) in [5.41, 5.74) is 5.24. The molecule has 0 saturated carbocycles.